The first-order valence-electron chi connectivity index (χ1n) is 9.48. The molecule has 0 unspecified atom stereocenters. The average Bonchev–Trinajstić information content (AvgIpc) is 3.06. The van der Waals surface area contributed by atoms with Gasteiger partial charge in [0.15, 0.2) is 0 Å². The lowest BCUT2D eigenvalue weighted by Gasteiger charge is -2.24. The molecule has 132 valence electrons. The van der Waals surface area contributed by atoms with Gasteiger partial charge >= 0.3 is 0 Å². The summed E-state index contributed by atoms with van der Waals surface area (Å²) < 4.78 is 11.5. The zero-order chi connectivity index (χ0) is 17.1. The molecule has 0 amide bonds. The number of hydrogen-bond donors (Lipinski definition) is 1. The standard InChI is InChI=1S/C22H27NO2/c1-16(23-22-11-8-18-4-2-3-5-21(18)22)17-6-9-19(10-7-17)25-20-12-14-24-15-13-20/h2-7,9-10,16,20,22-23H,8,11-15H2,1H3/t16-,22+/m1/s1. The van der Waals surface area contributed by atoms with Gasteiger partial charge in [0, 0.05) is 24.9 Å². The van der Waals surface area contributed by atoms with Gasteiger partial charge in [0.25, 0.3) is 0 Å². The summed E-state index contributed by atoms with van der Waals surface area (Å²) in [7, 11) is 0. The van der Waals surface area contributed by atoms with Crippen molar-refractivity contribution in [2.24, 2.45) is 0 Å². The van der Waals surface area contributed by atoms with Crippen molar-refractivity contribution in [1.82, 2.24) is 5.32 Å². The maximum atomic E-state index is 6.07. The first-order valence-corrected chi connectivity index (χ1v) is 9.48. The van der Waals surface area contributed by atoms with Gasteiger partial charge in [-0.3, -0.25) is 0 Å². The molecule has 4 rings (SSSR count). The SMILES string of the molecule is C[C@@H](N[C@H]1CCc2ccccc21)c1ccc(OC2CCOCC2)cc1. The summed E-state index contributed by atoms with van der Waals surface area (Å²) in [5.74, 6) is 0.967. The zero-order valence-corrected chi connectivity index (χ0v) is 14.9. The molecule has 2 aromatic carbocycles. The molecule has 1 saturated heterocycles. The van der Waals surface area contributed by atoms with Gasteiger partial charge in [-0.25, -0.2) is 0 Å². The second-order valence-electron chi connectivity index (χ2n) is 7.18. The predicted octanol–water partition coefficient (Wildman–Crippen LogP) is 4.58. The number of benzene rings is 2. The molecule has 0 saturated carbocycles. The molecule has 1 N–H and O–H groups in total. The van der Waals surface area contributed by atoms with Crippen LogP contribution in [0.5, 0.6) is 5.75 Å². The summed E-state index contributed by atoms with van der Waals surface area (Å²) in [6.45, 7) is 3.87. The van der Waals surface area contributed by atoms with Gasteiger partial charge in [0.05, 0.1) is 13.2 Å². The van der Waals surface area contributed by atoms with E-state index in [1.54, 1.807) is 0 Å². The van der Waals surface area contributed by atoms with E-state index in [2.05, 4.69) is 60.8 Å². The summed E-state index contributed by atoms with van der Waals surface area (Å²) in [6, 6.07) is 18.2. The minimum Gasteiger partial charge on any atom is -0.490 e. The van der Waals surface area contributed by atoms with Crippen LogP contribution < -0.4 is 10.1 Å². The van der Waals surface area contributed by atoms with Crippen molar-refractivity contribution in [2.45, 2.75) is 50.8 Å². The van der Waals surface area contributed by atoms with Crippen LogP contribution in [0.3, 0.4) is 0 Å². The third-order valence-corrected chi connectivity index (χ3v) is 5.44. The number of hydrogen-bond acceptors (Lipinski definition) is 3. The van der Waals surface area contributed by atoms with Crippen LogP contribution in [0.15, 0.2) is 48.5 Å². The molecule has 2 aliphatic rings. The summed E-state index contributed by atoms with van der Waals surface area (Å²) in [5.41, 5.74) is 4.27. The third-order valence-electron chi connectivity index (χ3n) is 5.44. The van der Waals surface area contributed by atoms with Gasteiger partial charge in [-0.1, -0.05) is 36.4 Å². The van der Waals surface area contributed by atoms with E-state index in [0.29, 0.717) is 18.2 Å². The molecule has 0 aromatic heterocycles. The van der Waals surface area contributed by atoms with Crippen LogP contribution in [0, 0.1) is 0 Å². The van der Waals surface area contributed by atoms with Crippen LogP contribution in [-0.2, 0) is 11.2 Å². The van der Waals surface area contributed by atoms with Gasteiger partial charge in [0.2, 0.25) is 0 Å². The molecular formula is C22H27NO2. The molecule has 0 bridgehead atoms. The molecule has 3 nitrogen and oxygen atoms in total. The Morgan fingerprint density at radius 1 is 1.00 bits per heavy atom. The summed E-state index contributed by atoms with van der Waals surface area (Å²) >= 11 is 0. The molecule has 0 radical (unpaired) electrons. The molecule has 1 fully saturated rings. The molecule has 3 heteroatoms. The summed E-state index contributed by atoms with van der Waals surface area (Å²) in [5, 5.41) is 3.79. The predicted molar refractivity (Wildman–Crippen MR) is 100.0 cm³/mol. The van der Waals surface area contributed by atoms with Crippen molar-refractivity contribution < 1.29 is 9.47 Å². The summed E-state index contributed by atoms with van der Waals surface area (Å²) in [4.78, 5) is 0. The van der Waals surface area contributed by atoms with E-state index in [9.17, 15) is 0 Å². The van der Waals surface area contributed by atoms with E-state index < -0.39 is 0 Å². The third kappa shape index (κ3) is 3.88. The number of ether oxygens (including phenoxy) is 2. The molecule has 1 aliphatic carbocycles. The fourth-order valence-corrected chi connectivity index (χ4v) is 3.95. The van der Waals surface area contributed by atoms with E-state index in [1.165, 1.54) is 29.5 Å². The van der Waals surface area contributed by atoms with Gasteiger partial charge in [-0.2, -0.15) is 0 Å². The quantitative estimate of drug-likeness (QED) is 0.866. The van der Waals surface area contributed by atoms with Crippen molar-refractivity contribution in [2.75, 3.05) is 13.2 Å². The van der Waals surface area contributed by atoms with Crippen molar-refractivity contribution in [3.8, 4) is 5.75 Å². The van der Waals surface area contributed by atoms with E-state index in [1.807, 2.05) is 0 Å². The number of rotatable bonds is 5. The topological polar surface area (TPSA) is 30.5 Å². The Kier molecular flexibility index (Phi) is 5.04. The van der Waals surface area contributed by atoms with E-state index in [4.69, 9.17) is 9.47 Å². The lowest BCUT2D eigenvalue weighted by molar-refractivity contribution is 0.0255. The van der Waals surface area contributed by atoms with Gasteiger partial charge in [-0.05, 0) is 48.6 Å². The highest BCUT2D eigenvalue weighted by atomic mass is 16.5. The van der Waals surface area contributed by atoms with Gasteiger partial charge < -0.3 is 14.8 Å². The van der Waals surface area contributed by atoms with Crippen LogP contribution in [0.25, 0.3) is 0 Å². The molecule has 2 atom stereocenters. The van der Waals surface area contributed by atoms with Crippen LogP contribution >= 0.6 is 0 Å². The highest BCUT2D eigenvalue weighted by molar-refractivity contribution is 5.35. The summed E-state index contributed by atoms with van der Waals surface area (Å²) in [6.07, 6.45) is 4.64. The van der Waals surface area contributed by atoms with E-state index in [-0.39, 0.29) is 0 Å². The van der Waals surface area contributed by atoms with Gasteiger partial charge in [-0.15, -0.1) is 0 Å². The monoisotopic (exact) mass is 337 g/mol. The van der Waals surface area contributed by atoms with Crippen LogP contribution in [-0.4, -0.2) is 19.3 Å². The molecular weight excluding hydrogens is 310 g/mol. The second kappa shape index (κ2) is 7.59. The Balaban J connectivity index is 1.37. The Morgan fingerprint density at radius 3 is 2.56 bits per heavy atom. The fourth-order valence-electron chi connectivity index (χ4n) is 3.95. The number of aryl methyl sites for hydroxylation is 1. The molecule has 0 spiro atoms. The normalized spacial score (nSPS) is 21.7. The van der Waals surface area contributed by atoms with Gasteiger partial charge in [0.1, 0.15) is 11.9 Å². The Morgan fingerprint density at radius 2 is 1.76 bits per heavy atom. The van der Waals surface area contributed by atoms with E-state index in [0.717, 1.165) is 31.8 Å². The lowest BCUT2D eigenvalue weighted by Crippen LogP contribution is -2.26. The Labute approximate surface area is 150 Å². The largest absolute Gasteiger partial charge is 0.490 e. The molecule has 1 heterocycles. The maximum absolute atomic E-state index is 6.07. The van der Waals surface area contributed by atoms with Crippen molar-refractivity contribution in [1.29, 1.82) is 0 Å². The van der Waals surface area contributed by atoms with Crippen molar-refractivity contribution >= 4 is 0 Å². The number of nitrogens with one attached hydrogen (secondary N) is 1. The highest BCUT2D eigenvalue weighted by Gasteiger charge is 2.23. The molecule has 2 aromatic rings. The molecule has 25 heavy (non-hydrogen) atoms. The lowest BCUT2D eigenvalue weighted by atomic mass is 10.0. The van der Waals surface area contributed by atoms with Crippen molar-refractivity contribution in [3.05, 3.63) is 65.2 Å². The van der Waals surface area contributed by atoms with Crippen LogP contribution in [0.4, 0.5) is 0 Å². The first-order chi connectivity index (χ1) is 12.3. The highest BCUT2D eigenvalue weighted by Crippen LogP contribution is 2.33. The minimum absolute atomic E-state index is 0.296. The smallest absolute Gasteiger partial charge is 0.119 e. The number of fused-ring (bicyclic) bond motifs is 1. The Bertz CT molecular complexity index is 691. The second-order valence-corrected chi connectivity index (χ2v) is 7.18. The van der Waals surface area contributed by atoms with Crippen LogP contribution in [0.2, 0.25) is 0 Å². The average molecular weight is 337 g/mol. The fraction of sp³-hybridized carbons (Fsp3) is 0.455. The maximum Gasteiger partial charge on any atom is 0.119 e. The van der Waals surface area contributed by atoms with E-state index >= 15 is 0 Å². The van der Waals surface area contributed by atoms with Crippen molar-refractivity contribution in [3.63, 3.8) is 0 Å². The first kappa shape index (κ1) is 16.6. The van der Waals surface area contributed by atoms with Crippen LogP contribution in [0.1, 0.15) is 55.0 Å². The molecule has 1 aliphatic heterocycles. The minimum atomic E-state index is 0.296. The zero-order valence-electron chi connectivity index (χ0n) is 14.9. The Hall–Kier alpha value is -1.84.